The van der Waals surface area contributed by atoms with E-state index in [1.807, 2.05) is 17.5 Å². The summed E-state index contributed by atoms with van der Waals surface area (Å²) in [5.41, 5.74) is 14.5. The Balaban J connectivity index is 1.47. The largest absolute Gasteiger partial charge is 0.508 e. The SMILES string of the molecule is CCc1cc(O)ccc1/N=C(\N)c1cnn2cc(-c3ccc(OC)cc3C3CC3)cc2c1N[C@H]1CCOC1. The highest BCUT2D eigenvalue weighted by molar-refractivity contribution is 6.06. The zero-order valence-electron chi connectivity index (χ0n) is 21.8. The smallest absolute Gasteiger partial charge is 0.135 e. The van der Waals surface area contributed by atoms with Crippen LogP contribution < -0.4 is 15.8 Å². The van der Waals surface area contributed by atoms with Gasteiger partial charge in [-0.1, -0.05) is 13.0 Å². The summed E-state index contributed by atoms with van der Waals surface area (Å²) >= 11 is 0. The Hall–Kier alpha value is -4.04. The molecule has 1 saturated carbocycles. The van der Waals surface area contributed by atoms with E-state index in [-0.39, 0.29) is 11.8 Å². The molecule has 2 fully saturated rings. The molecule has 0 spiro atoms. The van der Waals surface area contributed by atoms with Crippen LogP contribution in [0.1, 0.15) is 48.8 Å². The molecule has 8 heteroatoms. The van der Waals surface area contributed by atoms with Crippen molar-refractivity contribution in [2.45, 2.75) is 44.6 Å². The van der Waals surface area contributed by atoms with Crippen molar-refractivity contribution in [3.8, 4) is 22.6 Å². The number of methoxy groups -OCH3 is 1. The number of aryl methyl sites for hydroxylation is 1. The molecular formula is C30H33N5O3. The van der Waals surface area contributed by atoms with Gasteiger partial charge in [-0.15, -0.1) is 0 Å². The Labute approximate surface area is 222 Å². The minimum Gasteiger partial charge on any atom is -0.508 e. The van der Waals surface area contributed by atoms with Crippen molar-refractivity contribution in [3.63, 3.8) is 0 Å². The lowest BCUT2D eigenvalue weighted by atomic mass is 9.98. The predicted octanol–water partition coefficient (Wildman–Crippen LogP) is 5.39. The quantitative estimate of drug-likeness (QED) is 0.216. The number of aromatic hydroxyl groups is 1. The highest BCUT2D eigenvalue weighted by Crippen LogP contribution is 2.46. The van der Waals surface area contributed by atoms with Gasteiger partial charge in [-0.05, 0) is 84.7 Å². The van der Waals surface area contributed by atoms with E-state index in [2.05, 4.69) is 29.7 Å². The molecule has 1 atom stereocenters. The van der Waals surface area contributed by atoms with Crippen LogP contribution in [-0.4, -0.2) is 46.9 Å². The average molecular weight is 512 g/mol. The van der Waals surface area contributed by atoms with E-state index < -0.39 is 0 Å². The molecule has 3 heterocycles. The number of rotatable bonds is 8. The van der Waals surface area contributed by atoms with Gasteiger partial charge in [0, 0.05) is 18.4 Å². The number of nitrogens with two attached hydrogens (primary N) is 1. The molecule has 1 aliphatic carbocycles. The summed E-state index contributed by atoms with van der Waals surface area (Å²) in [6, 6.07) is 13.8. The summed E-state index contributed by atoms with van der Waals surface area (Å²) in [5, 5.41) is 18.3. The molecule has 38 heavy (non-hydrogen) atoms. The molecule has 8 nitrogen and oxygen atoms in total. The van der Waals surface area contributed by atoms with Crippen molar-refractivity contribution < 1.29 is 14.6 Å². The summed E-state index contributed by atoms with van der Waals surface area (Å²) in [5.74, 6) is 2.04. The van der Waals surface area contributed by atoms with E-state index in [0.717, 1.165) is 58.8 Å². The minimum absolute atomic E-state index is 0.175. The van der Waals surface area contributed by atoms with Crippen molar-refractivity contribution in [2.75, 3.05) is 25.6 Å². The Morgan fingerprint density at radius 3 is 2.82 bits per heavy atom. The molecule has 196 valence electrons. The topological polar surface area (TPSA) is 106 Å². The van der Waals surface area contributed by atoms with E-state index >= 15 is 0 Å². The van der Waals surface area contributed by atoms with Gasteiger partial charge >= 0.3 is 0 Å². The summed E-state index contributed by atoms with van der Waals surface area (Å²) < 4.78 is 13.1. The van der Waals surface area contributed by atoms with Crippen LogP contribution in [0, 0.1) is 0 Å². The highest BCUT2D eigenvalue weighted by atomic mass is 16.5. The van der Waals surface area contributed by atoms with Gasteiger partial charge in [0.25, 0.3) is 0 Å². The molecular weight excluding hydrogens is 478 g/mol. The van der Waals surface area contributed by atoms with Gasteiger partial charge < -0.3 is 25.6 Å². The summed E-state index contributed by atoms with van der Waals surface area (Å²) in [7, 11) is 1.71. The van der Waals surface area contributed by atoms with Gasteiger partial charge in [0.2, 0.25) is 0 Å². The van der Waals surface area contributed by atoms with E-state index in [4.69, 9.17) is 25.3 Å². The third-order valence-corrected chi connectivity index (χ3v) is 7.46. The van der Waals surface area contributed by atoms with E-state index in [0.29, 0.717) is 18.4 Å². The van der Waals surface area contributed by atoms with Crippen LogP contribution in [0.2, 0.25) is 0 Å². The predicted molar refractivity (Wildman–Crippen MR) is 150 cm³/mol. The number of aliphatic imine (C=N–C) groups is 1. The van der Waals surface area contributed by atoms with Crippen LogP contribution in [0.15, 0.2) is 59.9 Å². The average Bonchev–Trinajstić information content (AvgIpc) is 3.47. The number of hydrogen-bond donors (Lipinski definition) is 3. The van der Waals surface area contributed by atoms with E-state index in [9.17, 15) is 5.11 Å². The molecule has 0 amide bonds. The third kappa shape index (κ3) is 4.67. The van der Waals surface area contributed by atoms with Gasteiger partial charge in [-0.25, -0.2) is 9.51 Å². The van der Waals surface area contributed by atoms with Gasteiger partial charge in [0.05, 0.1) is 48.4 Å². The zero-order valence-corrected chi connectivity index (χ0v) is 21.8. The molecule has 0 bridgehead atoms. The van der Waals surface area contributed by atoms with Crippen LogP contribution in [0.3, 0.4) is 0 Å². The first-order valence-corrected chi connectivity index (χ1v) is 13.2. The second-order valence-electron chi connectivity index (χ2n) is 10.1. The van der Waals surface area contributed by atoms with Crippen LogP contribution in [0.25, 0.3) is 16.6 Å². The number of ether oxygens (including phenoxy) is 2. The molecule has 2 aromatic heterocycles. The molecule has 1 saturated heterocycles. The van der Waals surface area contributed by atoms with Crippen molar-refractivity contribution >= 4 is 22.7 Å². The van der Waals surface area contributed by atoms with Gasteiger partial charge in [-0.2, -0.15) is 5.10 Å². The summed E-state index contributed by atoms with van der Waals surface area (Å²) in [4.78, 5) is 4.76. The van der Waals surface area contributed by atoms with Crippen molar-refractivity contribution in [3.05, 3.63) is 71.5 Å². The van der Waals surface area contributed by atoms with Gasteiger partial charge in [0.15, 0.2) is 0 Å². The van der Waals surface area contributed by atoms with Gasteiger partial charge in [0.1, 0.15) is 17.3 Å². The number of hydrogen-bond acceptors (Lipinski definition) is 6. The Morgan fingerprint density at radius 1 is 1.21 bits per heavy atom. The highest BCUT2D eigenvalue weighted by Gasteiger charge is 2.28. The molecule has 0 radical (unpaired) electrons. The standard InChI is InChI=1S/C30H33N5O3/c1-3-18-12-22(36)6-9-27(18)34-30(31)26-15-32-35-16-20(13-28(35)29(26)33-21-10-11-38-17-21)24-8-7-23(37-2)14-25(24)19-4-5-19/h6-9,12-16,19,21,33,36H,3-5,10-11,17H2,1-2H3,(H2,31,34)/t21-/m0/s1. The summed E-state index contributed by atoms with van der Waals surface area (Å²) in [6.07, 6.45) is 7.90. The first kappa shape index (κ1) is 24.3. The monoisotopic (exact) mass is 511 g/mol. The number of anilines is 1. The maximum absolute atomic E-state index is 9.90. The molecule has 4 N–H and O–H groups in total. The first-order chi connectivity index (χ1) is 18.5. The molecule has 1 aliphatic heterocycles. The molecule has 2 aliphatic rings. The normalized spacial score (nSPS) is 17.7. The number of aromatic nitrogens is 2. The lowest BCUT2D eigenvalue weighted by Crippen LogP contribution is -2.24. The number of amidine groups is 1. The van der Waals surface area contributed by atoms with Crippen LogP contribution in [0.5, 0.6) is 11.5 Å². The van der Waals surface area contributed by atoms with E-state index in [1.54, 1.807) is 31.5 Å². The fraction of sp³-hybridized carbons (Fsp3) is 0.333. The Kier molecular flexibility index (Phi) is 6.41. The Bertz CT molecular complexity index is 1520. The number of phenolic OH excluding ortho intramolecular Hbond substituents is 1. The fourth-order valence-corrected chi connectivity index (χ4v) is 5.22. The summed E-state index contributed by atoms with van der Waals surface area (Å²) in [6.45, 7) is 3.40. The maximum atomic E-state index is 9.90. The van der Waals surface area contributed by atoms with Crippen LogP contribution >= 0.6 is 0 Å². The molecule has 6 rings (SSSR count). The molecule has 4 aromatic rings. The number of benzene rings is 2. The Morgan fingerprint density at radius 2 is 2.08 bits per heavy atom. The number of nitrogens with zero attached hydrogens (tertiary/aromatic N) is 3. The van der Waals surface area contributed by atoms with Crippen molar-refractivity contribution in [2.24, 2.45) is 10.7 Å². The van der Waals surface area contributed by atoms with E-state index in [1.165, 1.54) is 24.0 Å². The molecule has 0 unspecified atom stereocenters. The van der Waals surface area contributed by atoms with Crippen LogP contribution in [0.4, 0.5) is 11.4 Å². The fourth-order valence-electron chi connectivity index (χ4n) is 5.22. The van der Waals surface area contributed by atoms with Gasteiger partial charge in [-0.3, -0.25) is 0 Å². The lowest BCUT2D eigenvalue weighted by Gasteiger charge is -2.17. The third-order valence-electron chi connectivity index (χ3n) is 7.46. The zero-order chi connectivity index (χ0) is 26.2. The van der Waals surface area contributed by atoms with Crippen molar-refractivity contribution in [1.82, 2.24) is 9.61 Å². The second-order valence-corrected chi connectivity index (χ2v) is 10.1. The number of fused-ring (bicyclic) bond motifs is 1. The number of nitrogens with one attached hydrogen (secondary N) is 1. The van der Waals surface area contributed by atoms with Crippen LogP contribution in [-0.2, 0) is 11.2 Å². The number of phenols is 1. The lowest BCUT2D eigenvalue weighted by molar-refractivity contribution is 0.195. The first-order valence-electron chi connectivity index (χ1n) is 13.2. The molecule has 2 aromatic carbocycles. The van der Waals surface area contributed by atoms with Crippen molar-refractivity contribution in [1.29, 1.82) is 0 Å². The second kappa shape index (κ2) is 10.0. The minimum atomic E-state index is 0.175. The maximum Gasteiger partial charge on any atom is 0.135 e.